The van der Waals surface area contributed by atoms with Gasteiger partial charge in [-0.15, -0.1) is 0 Å². The van der Waals surface area contributed by atoms with Crippen LogP contribution in [0.25, 0.3) is 0 Å². The van der Waals surface area contributed by atoms with Gasteiger partial charge >= 0.3 is 5.97 Å². The van der Waals surface area contributed by atoms with Crippen LogP contribution >= 0.6 is 11.8 Å². The minimum atomic E-state index is -0.880. The molecule has 2 N–H and O–H groups in total. The second kappa shape index (κ2) is 2.45. The van der Waals surface area contributed by atoms with Crippen LogP contribution < -0.4 is 5.32 Å². The Morgan fingerprint density at radius 1 is 1.83 bits per heavy atom. The molecule has 0 spiro atoms. The van der Waals surface area contributed by atoms with E-state index in [9.17, 15) is 4.79 Å². The van der Waals surface area contributed by atoms with Crippen LogP contribution in [0.1, 0.15) is 10.5 Å². The third-order valence-electron chi connectivity index (χ3n) is 1.87. The van der Waals surface area contributed by atoms with Crippen molar-refractivity contribution in [3.05, 3.63) is 11.8 Å². The summed E-state index contributed by atoms with van der Waals surface area (Å²) in [6.07, 6.45) is 0. The summed E-state index contributed by atoms with van der Waals surface area (Å²) >= 11 is 1.62. The maximum absolute atomic E-state index is 10.7. The molecular weight excluding hydrogens is 176 g/mol. The smallest absolute Gasteiger partial charge is 0.352 e. The van der Waals surface area contributed by atoms with E-state index in [0.29, 0.717) is 5.69 Å². The zero-order chi connectivity index (χ0) is 8.72. The summed E-state index contributed by atoms with van der Waals surface area (Å²) in [7, 11) is 1.77. The first-order valence-electron chi connectivity index (χ1n) is 3.50. The van der Waals surface area contributed by atoms with Gasteiger partial charge in [0.15, 0.2) is 0 Å². The number of fused-ring (bicyclic) bond motifs is 1. The molecule has 1 aliphatic heterocycles. The van der Waals surface area contributed by atoms with Crippen LogP contribution in [0, 0.1) is 0 Å². The number of hydrogen-bond donors (Lipinski definition) is 2. The Labute approximate surface area is 73.6 Å². The number of thioether (sulfide) groups is 1. The van der Waals surface area contributed by atoms with E-state index >= 15 is 0 Å². The molecule has 5 heteroatoms. The summed E-state index contributed by atoms with van der Waals surface area (Å²) in [6.45, 7) is 0. The summed E-state index contributed by atoms with van der Waals surface area (Å²) in [5.74, 6) is -0.0485. The fraction of sp³-hybridized carbons (Fsp3) is 0.286. The van der Waals surface area contributed by atoms with Crippen molar-refractivity contribution in [3.8, 4) is 0 Å². The molecule has 12 heavy (non-hydrogen) atoms. The average molecular weight is 184 g/mol. The summed E-state index contributed by atoms with van der Waals surface area (Å²) in [4.78, 5) is 10.7. The molecule has 0 atom stereocenters. The third-order valence-corrected chi connectivity index (χ3v) is 2.92. The van der Waals surface area contributed by atoms with Gasteiger partial charge in [0.2, 0.25) is 0 Å². The topological polar surface area (TPSA) is 54.3 Å². The highest BCUT2D eigenvalue weighted by atomic mass is 32.2. The van der Waals surface area contributed by atoms with Crippen LogP contribution in [0.2, 0.25) is 0 Å². The number of nitrogens with zero attached hydrogens (tertiary/aromatic N) is 1. The second-order valence-electron chi connectivity index (χ2n) is 2.58. The maximum Gasteiger partial charge on any atom is 0.352 e. The second-order valence-corrected chi connectivity index (χ2v) is 3.54. The van der Waals surface area contributed by atoms with E-state index in [-0.39, 0.29) is 0 Å². The van der Waals surface area contributed by atoms with E-state index in [2.05, 4.69) is 5.32 Å². The van der Waals surface area contributed by atoms with Gasteiger partial charge in [-0.2, -0.15) is 0 Å². The van der Waals surface area contributed by atoms with Crippen molar-refractivity contribution >= 4 is 23.4 Å². The van der Waals surface area contributed by atoms with Gasteiger partial charge in [0, 0.05) is 7.05 Å². The minimum absolute atomic E-state index is 0.333. The van der Waals surface area contributed by atoms with Crippen molar-refractivity contribution < 1.29 is 9.90 Å². The highest BCUT2D eigenvalue weighted by molar-refractivity contribution is 7.99. The molecular formula is C7H8N2O2S. The van der Waals surface area contributed by atoms with Crippen molar-refractivity contribution in [2.45, 2.75) is 5.03 Å². The van der Waals surface area contributed by atoms with E-state index in [1.54, 1.807) is 29.4 Å². The van der Waals surface area contributed by atoms with E-state index < -0.39 is 5.97 Å². The Bertz CT molecular complexity index is 345. The molecule has 0 bridgehead atoms. The van der Waals surface area contributed by atoms with Gasteiger partial charge < -0.3 is 15.0 Å². The van der Waals surface area contributed by atoms with Gasteiger partial charge in [0.05, 0.1) is 11.6 Å². The molecule has 0 saturated heterocycles. The molecule has 2 heterocycles. The van der Waals surface area contributed by atoms with Crippen LogP contribution in [0.5, 0.6) is 0 Å². The lowest BCUT2D eigenvalue weighted by atomic mass is 10.4. The quantitative estimate of drug-likeness (QED) is 0.688. The number of hydrogen-bond acceptors (Lipinski definition) is 3. The molecule has 0 unspecified atom stereocenters. The lowest BCUT2D eigenvalue weighted by Gasteiger charge is -1.99. The first kappa shape index (κ1) is 7.54. The zero-order valence-corrected chi connectivity index (χ0v) is 7.31. The average Bonchev–Trinajstić information content (AvgIpc) is 2.53. The Morgan fingerprint density at radius 2 is 2.58 bits per heavy atom. The first-order valence-corrected chi connectivity index (χ1v) is 4.48. The minimum Gasteiger partial charge on any atom is -0.477 e. The number of carbonyl (C=O) groups is 1. The maximum atomic E-state index is 10.7. The molecule has 1 aromatic heterocycles. The molecule has 0 amide bonds. The number of aromatic carboxylic acids is 1. The van der Waals surface area contributed by atoms with Gasteiger partial charge in [0.1, 0.15) is 10.7 Å². The van der Waals surface area contributed by atoms with Crippen molar-refractivity contribution in [1.29, 1.82) is 0 Å². The van der Waals surface area contributed by atoms with Gasteiger partial charge in [-0.05, 0) is 6.07 Å². The number of carboxylic acids is 1. The molecule has 0 aliphatic carbocycles. The Morgan fingerprint density at radius 3 is 3.17 bits per heavy atom. The number of carboxylic acid groups (broad SMARTS) is 1. The largest absolute Gasteiger partial charge is 0.477 e. The Balaban J connectivity index is 2.54. The van der Waals surface area contributed by atoms with E-state index in [0.717, 1.165) is 16.6 Å². The molecule has 0 fully saturated rings. The van der Waals surface area contributed by atoms with Crippen molar-refractivity contribution in [2.24, 2.45) is 7.05 Å². The normalized spacial score (nSPS) is 14.1. The van der Waals surface area contributed by atoms with Gasteiger partial charge in [-0.1, -0.05) is 11.8 Å². The molecule has 1 aromatic rings. The highest BCUT2D eigenvalue weighted by Gasteiger charge is 2.20. The summed E-state index contributed by atoms with van der Waals surface area (Å²) in [6, 6.07) is 1.66. The SMILES string of the molecule is Cn1c(C(=O)O)cc2c1SCN2. The lowest BCUT2D eigenvalue weighted by molar-refractivity contribution is 0.0685. The van der Waals surface area contributed by atoms with Crippen LogP contribution in [-0.2, 0) is 7.05 Å². The van der Waals surface area contributed by atoms with Gasteiger partial charge in [-0.25, -0.2) is 4.79 Å². The molecule has 2 rings (SSSR count). The number of rotatable bonds is 1. The third kappa shape index (κ3) is 0.896. The van der Waals surface area contributed by atoms with Crippen LogP contribution in [0.4, 0.5) is 5.69 Å². The predicted molar refractivity (Wildman–Crippen MR) is 46.7 cm³/mol. The van der Waals surface area contributed by atoms with Crippen LogP contribution in [-0.4, -0.2) is 21.5 Å². The fourth-order valence-electron chi connectivity index (χ4n) is 1.27. The fourth-order valence-corrected chi connectivity index (χ4v) is 2.22. The Kier molecular flexibility index (Phi) is 1.54. The van der Waals surface area contributed by atoms with Crippen LogP contribution in [0.15, 0.2) is 11.1 Å². The Hall–Kier alpha value is -1.10. The van der Waals surface area contributed by atoms with E-state index in [4.69, 9.17) is 5.11 Å². The van der Waals surface area contributed by atoms with E-state index in [1.807, 2.05) is 0 Å². The summed E-state index contributed by atoms with van der Waals surface area (Å²) in [5, 5.41) is 12.9. The monoisotopic (exact) mass is 184 g/mol. The molecule has 0 radical (unpaired) electrons. The van der Waals surface area contributed by atoms with Gasteiger partial charge in [0.25, 0.3) is 0 Å². The molecule has 4 nitrogen and oxygen atoms in total. The lowest BCUT2D eigenvalue weighted by Crippen LogP contribution is -2.04. The molecule has 64 valence electrons. The molecule has 0 aromatic carbocycles. The van der Waals surface area contributed by atoms with Crippen molar-refractivity contribution in [1.82, 2.24) is 4.57 Å². The summed E-state index contributed by atoms with van der Waals surface area (Å²) in [5.41, 5.74) is 1.26. The number of aromatic nitrogens is 1. The highest BCUT2D eigenvalue weighted by Crippen LogP contribution is 2.35. The first-order chi connectivity index (χ1) is 5.70. The standard InChI is InChI=1S/C7H8N2O2S/c1-9-5(7(10)11)2-4-6(9)12-3-8-4/h2,8H,3H2,1H3,(H,10,11). The number of nitrogens with one attached hydrogen (secondary N) is 1. The van der Waals surface area contributed by atoms with Crippen molar-refractivity contribution in [3.63, 3.8) is 0 Å². The van der Waals surface area contributed by atoms with Gasteiger partial charge in [-0.3, -0.25) is 0 Å². The molecule has 0 saturated carbocycles. The molecule has 1 aliphatic rings. The zero-order valence-electron chi connectivity index (χ0n) is 6.50. The van der Waals surface area contributed by atoms with Crippen LogP contribution in [0.3, 0.4) is 0 Å². The van der Waals surface area contributed by atoms with Crippen molar-refractivity contribution in [2.75, 3.05) is 11.2 Å². The number of anilines is 1. The summed E-state index contributed by atoms with van der Waals surface area (Å²) < 4.78 is 1.70. The predicted octanol–water partition coefficient (Wildman–Crippen LogP) is 1.20. The van der Waals surface area contributed by atoms with E-state index in [1.165, 1.54) is 0 Å².